The third-order valence-corrected chi connectivity index (χ3v) is 4.42. The standard InChI is InChI=1S/C16H29N3O/c1-12(2)17-11-16(7-9-20-14(16)5)10-15-6-8-19(18-15)13(3)4/h6,8,12-14,17H,7,9-11H2,1-5H3. The fraction of sp³-hybridized carbons (Fsp3) is 0.812. The van der Waals surface area contributed by atoms with Gasteiger partial charge in [0.05, 0.1) is 11.8 Å². The molecule has 114 valence electrons. The van der Waals surface area contributed by atoms with E-state index >= 15 is 0 Å². The van der Waals surface area contributed by atoms with Gasteiger partial charge in [0, 0.05) is 43.3 Å². The van der Waals surface area contributed by atoms with Gasteiger partial charge in [0.1, 0.15) is 0 Å². The van der Waals surface area contributed by atoms with Crippen LogP contribution in [0.5, 0.6) is 0 Å². The molecule has 1 fully saturated rings. The van der Waals surface area contributed by atoms with Crippen LogP contribution < -0.4 is 5.32 Å². The molecule has 4 heteroatoms. The Labute approximate surface area is 122 Å². The minimum Gasteiger partial charge on any atom is -0.378 e. The molecular formula is C16H29N3O. The van der Waals surface area contributed by atoms with Crippen molar-refractivity contribution < 1.29 is 4.74 Å². The number of rotatable bonds is 6. The first-order chi connectivity index (χ1) is 9.43. The summed E-state index contributed by atoms with van der Waals surface area (Å²) in [7, 11) is 0. The van der Waals surface area contributed by atoms with Crippen LogP contribution in [0.1, 0.15) is 52.8 Å². The number of nitrogens with zero attached hydrogens (tertiary/aromatic N) is 2. The van der Waals surface area contributed by atoms with E-state index in [1.807, 2.05) is 4.68 Å². The first kappa shape index (κ1) is 15.5. The van der Waals surface area contributed by atoms with Crippen molar-refractivity contribution in [1.29, 1.82) is 0 Å². The number of hydrogen-bond donors (Lipinski definition) is 1. The molecule has 2 unspecified atom stereocenters. The number of aromatic nitrogens is 2. The Morgan fingerprint density at radius 3 is 2.70 bits per heavy atom. The summed E-state index contributed by atoms with van der Waals surface area (Å²) in [4.78, 5) is 0. The minimum absolute atomic E-state index is 0.181. The Bertz CT molecular complexity index is 427. The van der Waals surface area contributed by atoms with Gasteiger partial charge in [0.2, 0.25) is 0 Å². The Balaban J connectivity index is 2.10. The van der Waals surface area contributed by atoms with E-state index in [9.17, 15) is 0 Å². The third-order valence-electron chi connectivity index (χ3n) is 4.42. The van der Waals surface area contributed by atoms with E-state index in [1.165, 1.54) is 5.69 Å². The lowest BCUT2D eigenvalue weighted by Gasteiger charge is -2.33. The molecule has 2 heterocycles. The van der Waals surface area contributed by atoms with Crippen LogP contribution in [0.3, 0.4) is 0 Å². The summed E-state index contributed by atoms with van der Waals surface area (Å²) in [5, 5.41) is 8.31. The lowest BCUT2D eigenvalue weighted by Crippen LogP contribution is -2.43. The van der Waals surface area contributed by atoms with E-state index in [-0.39, 0.29) is 11.5 Å². The molecule has 0 bridgehead atoms. The van der Waals surface area contributed by atoms with Crippen LogP contribution in [0.2, 0.25) is 0 Å². The molecule has 2 atom stereocenters. The first-order valence-electron chi connectivity index (χ1n) is 7.82. The van der Waals surface area contributed by atoms with E-state index in [4.69, 9.17) is 9.84 Å². The van der Waals surface area contributed by atoms with Gasteiger partial charge in [-0.2, -0.15) is 5.10 Å². The highest BCUT2D eigenvalue weighted by atomic mass is 16.5. The molecule has 4 nitrogen and oxygen atoms in total. The van der Waals surface area contributed by atoms with Gasteiger partial charge in [-0.3, -0.25) is 4.68 Å². The lowest BCUT2D eigenvalue weighted by atomic mass is 9.77. The van der Waals surface area contributed by atoms with Crippen molar-refractivity contribution in [3.8, 4) is 0 Å². The highest BCUT2D eigenvalue weighted by molar-refractivity contribution is 5.07. The van der Waals surface area contributed by atoms with Crippen molar-refractivity contribution >= 4 is 0 Å². The minimum atomic E-state index is 0.181. The molecule has 0 saturated carbocycles. The maximum Gasteiger partial charge on any atom is 0.0631 e. The summed E-state index contributed by atoms with van der Waals surface area (Å²) < 4.78 is 7.89. The quantitative estimate of drug-likeness (QED) is 0.870. The van der Waals surface area contributed by atoms with E-state index in [0.717, 1.165) is 26.0 Å². The lowest BCUT2D eigenvalue weighted by molar-refractivity contribution is 0.0615. The average Bonchev–Trinajstić information content (AvgIpc) is 2.96. The highest BCUT2D eigenvalue weighted by Gasteiger charge is 2.41. The summed E-state index contributed by atoms with van der Waals surface area (Å²) >= 11 is 0. The first-order valence-corrected chi connectivity index (χ1v) is 7.82. The topological polar surface area (TPSA) is 39.1 Å². The van der Waals surface area contributed by atoms with Crippen molar-refractivity contribution in [3.05, 3.63) is 18.0 Å². The number of hydrogen-bond acceptors (Lipinski definition) is 3. The normalized spacial score (nSPS) is 26.9. The van der Waals surface area contributed by atoms with Gasteiger partial charge in [0.15, 0.2) is 0 Å². The molecule has 0 radical (unpaired) electrons. The predicted octanol–water partition coefficient (Wildman–Crippen LogP) is 2.80. The zero-order chi connectivity index (χ0) is 14.8. The highest BCUT2D eigenvalue weighted by Crippen LogP contribution is 2.37. The van der Waals surface area contributed by atoms with Crippen molar-refractivity contribution in [2.75, 3.05) is 13.2 Å². The molecule has 1 saturated heterocycles. The van der Waals surface area contributed by atoms with E-state index < -0.39 is 0 Å². The molecule has 0 amide bonds. The maximum atomic E-state index is 5.85. The van der Waals surface area contributed by atoms with Gasteiger partial charge >= 0.3 is 0 Å². The maximum absolute atomic E-state index is 5.85. The molecular weight excluding hydrogens is 250 g/mol. The zero-order valence-corrected chi connectivity index (χ0v) is 13.5. The number of ether oxygens (including phenoxy) is 1. The molecule has 1 aromatic heterocycles. The van der Waals surface area contributed by atoms with Gasteiger partial charge in [-0.15, -0.1) is 0 Å². The Morgan fingerprint density at radius 2 is 2.20 bits per heavy atom. The van der Waals surface area contributed by atoms with Crippen LogP contribution in [0.25, 0.3) is 0 Å². The molecule has 20 heavy (non-hydrogen) atoms. The monoisotopic (exact) mass is 279 g/mol. The Morgan fingerprint density at radius 1 is 1.45 bits per heavy atom. The second-order valence-corrected chi connectivity index (χ2v) is 6.72. The van der Waals surface area contributed by atoms with Crippen LogP contribution in [0.4, 0.5) is 0 Å². The van der Waals surface area contributed by atoms with Crippen molar-refractivity contribution in [3.63, 3.8) is 0 Å². The van der Waals surface area contributed by atoms with Gasteiger partial charge < -0.3 is 10.1 Å². The Kier molecular flexibility index (Phi) is 4.86. The SMILES string of the molecule is CC(C)NCC1(Cc2ccn(C(C)C)n2)CCOC1C. The fourth-order valence-corrected chi connectivity index (χ4v) is 2.87. The van der Waals surface area contributed by atoms with Gasteiger partial charge in [-0.1, -0.05) is 13.8 Å². The Hall–Kier alpha value is -0.870. The van der Waals surface area contributed by atoms with Crippen molar-refractivity contribution in [2.45, 2.75) is 65.6 Å². The van der Waals surface area contributed by atoms with Crippen LogP contribution in [0, 0.1) is 5.41 Å². The van der Waals surface area contributed by atoms with Crippen LogP contribution >= 0.6 is 0 Å². The summed E-state index contributed by atoms with van der Waals surface area (Å²) in [5.41, 5.74) is 1.36. The fourth-order valence-electron chi connectivity index (χ4n) is 2.87. The van der Waals surface area contributed by atoms with Crippen LogP contribution in [-0.2, 0) is 11.2 Å². The molecule has 0 spiro atoms. The summed E-state index contributed by atoms with van der Waals surface area (Å²) in [6, 6.07) is 3.08. The smallest absolute Gasteiger partial charge is 0.0631 e. The molecule has 1 aliphatic rings. The van der Waals surface area contributed by atoms with E-state index in [0.29, 0.717) is 12.1 Å². The second kappa shape index (κ2) is 6.27. The van der Waals surface area contributed by atoms with Crippen molar-refractivity contribution in [1.82, 2.24) is 15.1 Å². The van der Waals surface area contributed by atoms with Crippen LogP contribution in [-0.4, -0.2) is 35.1 Å². The van der Waals surface area contributed by atoms with Gasteiger partial charge in [-0.05, 0) is 33.3 Å². The van der Waals surface area contributed by atoms with Gasteiger partial charge in [0.25, 0.3) is 0 Å². The predicted molar refractivity (Wildman–Crippen MR) is 81.9 cm³/mol. The van der Waals surface area contributed by atoms with Gasteiger partial charge in [-0.25, -0.2) is 0 Å². The molecule has 1 aliphatic heterocycles. The molecule has 0 aliphatic carbocycles. The van der Waals surface area contributed by atoms with Crippen LogP contribution in [0.15, 0.2) is 12.3 Å². The average molecular weight is 279 g/mol. The largest absolute Gasteiger partial charge is 0.378 e. The summed E-state index contributed by atoms with van der Waals surface area (Å²) in [5.74, 6) is 0. The second-order valence-electron chi connectivity index (χ2n) is 6.72. The molecule has 0 aromatic carbocycles. The zero-order valence-electron chi connectivity index (χ0n) is 13.5. The molecule has 1 N–H and O–H groups in total. The van der Waals surface area contributed by atoms with Crippen molar-refractivity contribution in [2.24, 2.45) is 5.41 Å². The summed E-state index contributed by atoms with van der Waals surface area (Å²) in [6.45, 7) is 12.8. The molecule has 2 rings (SSSR count). The van der Waals surface area contributed by atoms with E-state index in [1.54, 1.807) is 0 Å². The third kappa shape index (κ3) is 3.41. The number of nitrogens with one attached hydrogen (secondary N) is 1. The summed E-state index contributed by atoms with van der Waals surface area (Å²) in [6.07, 6.45) is 4.48. The molecule has 1 aromatic rings. The van der Waals surface area contributed by atoms with E-state index in [2.05, 4.69) is 52.2 Å².